The average molecular weight is 333 g/mol. The maximum Gasteiger partial charge on any atom is 0.273 e. The number of aryl methyl sites for hydroxylation is 1. The van der Waals surface area contributed by atoms with Crippen LogP contribution in [-0.4, -0.2) is 25.6 Å². The van der Waals surface area contributed by atoms with E-state index in [0.29, 0.717) is 11.4 Å². The molecule has 3 rings (SSSR count). The Bertz CT molecular complexity index is 910. The van der Waals surface area contributed by atoms with Gasteiger partial charge in [0.1, 0.15) is 6.26 Å². The lowest BCUT2D eigenvalue weighted by Gasteiger charge is -1.97. The molecular formula is C15H15N3O4S. The van der Waals surface area contributed by atoms with Gasteiger partial charge in [0.25, 0.3) is 15.9 Å². The van der Waals surface area contributed by atoms with E-state index in [1.165, 1.54) is 24.9 Å². The lowest BCUT2D eigenvalue weighted by atomic mass is 10.1. The fourth-order valence-electron chi connectivity index (χ4n) is 2.02. The van der Waals surface area contributed by atoms with Crippen LogP contribution in [0.2, 0.25) is 0 Å². The van der Waals surface area contributed by atoms with Gasteiger partial charge in [0.2, 0.25) is 10.9 Å². The molecule has 1 aromatic carbocycles. The number of furan rings is 1. The molecule has 0 saturated carbocycles. The summed E-state index contributed by atoms with van der Waals surface area (Å²) in [6.07, 6.45) is 2.22. The molecule has 3 aromatic rings. The molecule has 7 nitrogen and oxygen atoms in total. The Hall–Kier alpha value is -2.45. The van der Waals surface area contributed by atoms with Crippen molar-refractivity contribution in [2.75, 3.05) is 7.05 Å². The molecule has 2 aromatic heterocycles. The van der Waals surface area contributed by atoms with Crippen LogP contribution in [0.25, 0.3) is 22.8 Å². The van der Waals surface area contributed by atoms with Crippen LogP contribution in [0, 0.1) is 0 Å². The molecule has 0 spiro atoms. The largest absolute Gasteiger partial charge is 0.451 e. The third kappa shape index (κ3) is 3.03. The number of aromatic nitrogens is 2. The van der Waals surface area contributed by atoms with Crippen molar-refractivity contribution in [1.29, 1.82) is 0 Å². The summed E-state index contributed by atoms with van der Waals surface area (Å²) in [6, 6.07) is 9.17. The van der Waals surface area contributed by atoms with Gasteiger partial charge in [0, 0.05) is 11.6 Å². The van der Waals surface area contributed by atoms with Crippen molar-refractivity contribution in [3.05, 3.63) is 42.2 Å². The summed E-state index contributed by atoms with van der Waals surface area (Å²) < 4.78 is 35.7. The predicted molar refractivity (Wildman–Crippen MR) is 83.1 cm³/mol. The molecule has 0 aliphatic heterocycles. The zero-order valence-electron chi connectivity index (χ0n) is 12.6. The second-order valence-corrected chi connectivity index (χ2v) is 6.65. The molecule has 0 aliphatic rings. The Morgan fingerprint density at radius 2 is 1.91 bits per heavy atom. The minimum Gasteiger partial charge on any atom is -0.451 e. The lowest BCUT2D eigenvalue weighted by molar-refractivity contribution is 0.429. The fraction of sp³-hybridized carbons (Fsp3) is 0.200. The van der Waals surface area contributed by atoms with Gasteiger partial charge in [-0.25, -0.2) is 13.1 Å². The molecule has 1 N–H and O–H groups in total. The highest BCUT2D eigenvalue weighted by Gasteiger charge is 2.20. The highest BCUT2D eigenvalue weighted by molar-refractivity contribution is 7.89. The average Bonchev–Trinajstić information content (AvgIpc) is 3.24. The first-order valence-corrected chi connectivity index (χ1v) is 8.47. The first-order valence-electron chi connectivity index (χ1n) is 6.99. The van der Waals surface area contributed by atoms with Gasteiger partial charge in [0.05, 0.1) is 5.56 Å². The minimum atomic E-state index is -3.64. The third-order valence-corrected chi connectivity index (χ3v) is 4.68. The van der Waals surface area contributed by atoms with E-state index in [1.807, 2.05) is 24.3 Å². The summed E-state index contributed by atoms with van der Waals surface area (Å²) >= 11 is 0. The van der Waals surface area contributed by atoms with Crippen LogP contribution in [0.1, 0.15) is 12.5 Å². The van der Waals surface area contributed by atoms with Crippen molar-refractivity contribution in [2.45, 2.75) is 18.4 Å². The minimum absolute atomic E-state index is 0.195. The van der Waals surface area contributed by atoms with Gasteiger partial charge in [-0.15, -0.1) is 0 Å². The van der Waals surface area contributed by atoms with Crippen LogP contribution in [-0.2, 0) is 16.4 Å². The third-order valence-electron chi connectivity index (χ3n) is 3.40. The van der Waals surface area contributed by atoms with Gasteiger partial charge in [-0.05, 0) is 19.0 Å². The summed E-state index contributed by atoms with van der Waals surface area (Å²) in [6.45, 7) is 2.08. The van der Waals surface area contributed by atoms with E-state index in [-0.39, 0.29) is 11.0 Å². The number of hydrogen-bond acceptors (Lipinski definition) is 6. The van der Waals surface area contributed by atoms with Gasteiger partial charge in [-0.3, -0.25) is 0 Å². The molecule has 0 atom stereocenters. The van der Waals surface area contributed by atoms with Crippen LogP contribution in [0.4, 0.5) is 0 Å². The van der Waals surface area contributed by atoms with Crippen molar-refractivity contribution >= 4 is 10.0 Å². The first kappa shape index (κ1) is 15.4. The molecule has 0 fully saturated rings. The molecule has 8 heteroatoms. The number of nitrogens with one attached hydrogen (secondary N) is 1. The van der Waals surface area contributed by atoms with Gasteiger partial charge in [-0.2, -0.15) is 4.98 Å². The van der Waals surface area contributed by atoms with Crippen molar-refractivity contribution < 1.29 is 17.4 Å². The maximum absolute atomic E-state index is 11.7. The normalized spacial score (nSPS) is 11.7. The molecule has 0 aliphatic carbocycles. The smallest absolute Gasteiger partial charge is 0.273 e. The van der Waals surface area contributed by atoms with E-state index in [1.54, 1.807) is 0 Å². The molecule has 23 heavy (non-hydrogen) atoms. The molecule has 0 amide bonds. The number of nitrogens with zero attached hydrogens (tertiary/aromatic N) is 2. The van der Waals surface area contributed by atoms with Gasteiger partial charge in [0.15, 0.2) is 0 Å². The Labute approximate surface area is 133 Å². The highest BCUT2D eigenvalue weighted by Crippen LogP contribution is 2.25. The monoisotopic (exact) mass is 333 g/mol. The second kappa shape index (κ2) is 5.98. The number of hydrogen-bond donors (Lipinski definition) is 1. The van der Waals surface area contributed by atoms with Crippen molar-refractivity contribution in [2.24, 2.45) is 0 Å². The topological polar surface area (TPSA) is 98.2 Å². The van der Waals surface area contributed by atoms with Gasteiger partial charge in [-0.1, -0.05) is 36.3 Å². The molecule has 2 heterocycles. The molecule has 0 radical (unpaired) electrons. The zero-order valence-corrected chi connectivity index (χ0v) is 13.4. The summed E-state index contributed by atoms with van der Waals surface area (Å²) in [5, 5.41) is 3.71. The Balaban J connectivity index is 1.90. The van der Waals surface area contributed by atoms with Crippen LogP contribution in [0.15, 0.2) is 50.6 Å². The van der Waals surface area contributed by atoms with Gasteiger partial charge < -0.3 is 8.94 Å². The van der Waals surface area contributed by atoms with E-state index in [2.05, 4.69) is 21.8 Å². The molecular weight excluding hydrogens is 318 g/mol. The van der Waals surface area contributed by atoms with E-state index in [9.17, 15) is 8.42 Å². The zero-order chi connectivity index (χ0) is 16.4. The van der Waals surface area contributed by atoms with Crippen LogP contribution in [0.5, 0.6) is 0 Å². The highest BCUT2D eigenvalue weighted by atomic mass is 32.2. The Kier molecular flexibility index (Phi) is 4.01. The number of benzene rings is 1. The predicted octanol–water partition coefficient (Wildman–Crippen LogP) is 2.47. The molecule has 0 bridgehead atoms. The van der Waals surface area contributed by atoms with Crippen molar-refractivity contribution in [3.8, 4) is 22.8 Å². The Morgan fingerprint density at radius 1 is 1.17 bits per heavy atom. The first-order chi connectivity index (χ1) is 11.0. The van der Waals surface area contributed by atoms with E-state index in [0.717, 1.165) is 12.0 Å². The van der Waals surface area contributed by atoms with Crippen LogP contribution < -0.4 is 4.72 Å². The second-order valence-electron chi connectivity index (χ2n) is 4.84. The summed E-state index contributed by atoms with van der Waals surface area (Å²) in [5.41, 5.74) is 2.45. The summed E-state index contributed by atoms with van der Waals surface area (Å²) in [7, 11) is -2.34. The molecule has 120 valence electrons. The summed E-state index contributed by atoms with van der Waals surface area (Å²) in [4.78, 5) is 4.27. The van der Waals surface area contributed by atoms with Crippen LogP contribution >= 0.6 is 0 Å². The van der Waals surface area contributed by atoms with E-state index < -0.39 is 10.0 Å². The number of rotatable bonds is 5. The summed E-state index contributed by atoms with van der Waals surface area (Å²) in [5.74, 6) is 0.628. The Morgan fingerprint density at radius 3 is 2.57 bits per heavy atom. The van der Waals surface area contributed by atoms with E-state index in [4.69, 9.17) is 8.94 Å². The fourth-order valence-corrected chi connectivity index (χ4v) is 2.68. The quantitative estimate of drug-likeness (QED) is 0.770. The van der Waals surface area contributed by atoms with Crippen molar-refractivity contribution in [3.63, 3.8) is 0 Å². The number of sulfonamides is 1. The molecule has 0 saturated heterocycles. The lowest BCUT2D eigenvalue weighted by Crippen LogP contribution is -2.17. The SMILES string of the molecule is CCc1ccc(-c2noc(-c3coc(S(=O)(=O)NC)c3)n2)cc1. The van der Waals surface area contributed by atoms with Crippen LogP contribution in [0.3, 0.4) is 0 Å². The standard InChI is InChI=1S/C15H15N3O4S/c1-3-10-4-6-11(7-5-10)14-17-15(22-18-14)12-8-13(21-9-12)23(19,20)16-2/h4-9,16H,3H2,1-2H3. The maximum atomic E-state index is 11.7. The molecule has 0 unspecified atom stereocenters. The van der Waals surface area contributed by atoms with E-state index >= 15 is 0 Å². The van der Waals surface area contributed by atoms with Gasteiger partial charge >= 0.3 is 0 Å². The van der Waals surface area contributed by atoms with Crippen molar-refractivity contribution in [1.82, 2.24) is 14.9 Å².